The van der Waals surface area contributed by atoms with Gasteiger partial charge < -0.3 is 4.74 Å². The van der Waals surface area contributed by atoms with E-state index in [-0.39, 0.29) is 5.41 Å². The fourth-order valence-corrected chi connectivity index (χ4v) is 4.17. The topological polar surface area (TPSA) is 44.1 Å². The molecule has 0 N–H and O–H groups in total. The lowest BCUT2D eigenvalue weighted by Gasteiger charge is -2.33. The van der Waals surface area contributed by atoms with Crippen LogP contribution in [0.25, 0.3) is 0 Å². The van der Waals surface area contributed by atoms with Gasteiger partial charge in [0.1, 0.15) is 5.69 Å². The molecule has 0 saturated carbocycles. The molecular weight excluding hydrogens is 350 g/mol. The summed E-state index contributed by atoms with van der Waals surface area (Å²) in [6.45, 7) is 3.01. The molecule has 0 spiro atoms. The molecule has 0 amide bonds. The molecule has 2 rings (SSSR count). The molecule has 1 heterocycles. The van der Waals surface area contributed by atoms with Crippen LogP contribution in [0.15, 0.2) is 0 Å². The number of hydrogen-bond acceptors (Lipinski definition) is 3. The maximum Gasteiger partial charge on any atom is 0.170 e. The fraction of sp³-hybridized carbons (Fsp3) is 0.636. The van der Waals surface area contributed by atoms with Crippen molar-refractivity contribution in [2.75, 3.05) is 13.7 Å². The van der Waals surface area contributed by atoms with E-state index >= 15 is 0 Å². The quantitative estimate of drug-likeness (QED) is 0.468. The molecule has 0 aliphatic heterocycles. The SMILES string of the molecule is COCC1(C)CCc2c(C=O)nn(PI)c2C1. The minimum Gasteiger partial charge on any atom is -0.384 e. The summed E-state index contributed by atoms with van der Waals surface area (Å²) < 4.78 is 7.29. The number of fused-ring (bicyclic) bond motifs is 1. The van der Waals surface area contributed by atoms with Gasteiger partial charge in [0, 0.05) is 18.4 Å². The van der Waals surface area contributed by atoms with Crippen molar-refractivity contribution in [3.05, 3.63) is 17.0 Å². The van der Waals surface area contributed by atoms with E-state index in [0.29, 0.717) is 12.1 Å². The molecule has 1 aliphatic rings. The Hall–Kier alpha value is -0.000000000000000111. The Morgan fingerprint density at radius 3 is 3.06 bits per heavy atom. The molecule has 4 nitrogen and oxygen atoms in total. The molecule has 1 aliphatic carbocycles. The molecule has 1 aromatic rings. The monoisotopic (exact) mass is 366 g/mol. The second-order valence-corrected chi connectivity index (χ2v) is 6.89. The number of hydrogen-bond donors (Lipinski definition) is 0. The first-order chi connectivity index (χ1) is 8.13. The zero-order valence-corrected chi connectivity index (χ0v) is 13.2. The van der Waals surface area contributed by atoms with E-state index in [9.17, 15) is 4.79 Å². The Bertz CT molecular complexity index is 435. The van der Waals surface area contributed by atoms with Crippen molar-refractivity contribution in [1.82, 2.24) is 9.55 Å². The Kier molecular flexibility index (Phi) is 4.21. The van der Waals surface area contributed by atoms with E-state index in [1.807, 2.05) is 4.45 Å². The molecule has 2 unspecified atom stereocenters. The van der Waals surface area contributed by atoms with Gasteiger partial charge in [0.05, 0.1) is 13.0 Å². The number of rotatable bonds is 4. The summed E-state index contributed by atoms with van der Waals surface area (Å²) in [5.41, 5.74) is 3.18. The average Bonchev–Trinajstić information content (AvgIpc) is 2.66. The molecule has 6 heteroatoms. The number of aldehydes is 1. The van der Waals surface area contributed by atoms with Crippen LogP contribution in [0.4, 0.5) is 0 Å². The lowest BCUT2D eigenvalue weighted by molar-refractivity contribution is 0.0803. The van der Waals surface area contributed by atoms with Crippen LogP contribution in [0, 0.1) is 5.41 Å². The van der Waals surface area contributed by atoms with Gasteiger partial charge in [-0.15, -0.1) is 0 Å². The van der Waals surface area contributed by atoms with Crippen molar-refractivity contribution in [2.45, 2.75) is 26.2 Å². The summed E-state index contributed by atoms with van der Waals surface area (Å²) in [5, 5.41) is 4.37. The second kappa shape index (κ2) is 5.33. The first-order valence-corrected chi connectivity index (χ1v) is 9.61. The summed E-state index contributed by atoms with van der Waals surface area (Å²) in [6.07, 6.45) is 4.37. The minimum atomic E-state index is 0.177. The summed E-state index contributed by atoms with van der Waals surface area (Å²) in [6, 6.07) is 0. The molecule has 2 atom stereocenters. The van der Waals surface area contributed by atoms with Crippen molar-refractivity contribution >= 4 is 34.7 Å². The van der Waals surface area contributed by atoms with E-state index in [4.69, 9.17) is 4.74 Å². The molecular formula is C11H16IN2O2P. The summed E-state index contributed by atoms with van der Waals surface area (Å²) in [5.74, 6) is 0. The zero-order valence-electron chi connectivity index (χ0n) is 9.99. The van der Waals surface area contributed by atoms with Crippen LogP contribution >= 0.6 is 28.4 Å². The van der Waals surface area contributed by atoms with Crippen LogP contribution in [0.5, 0.6) is 0 Å². The van der Waals surface area contributed by atoms with Crippen molar-refractivity contribution in [3.63, 3.8) is 0 Å². The first-order valence-electron chi connectivity index (χ1n) is 5.55. The minimum absolute atomic E-state index is 0.177. The summed E-state index contributed by atoms with van der Waals surface area (Å²) in [4.78, 5) is 11.0. The van der Waals surface area contributed by atoms with Gasteiger partial charge in [0.25, 0.3) is 0 Å². The first kappa shape index (κ1) is 13.4. The number of carbonyl (C=O) groups excluding carboxylic acids is 1. The summed E-state index contributed by atoms with van der Waals surface area (Å²) >= 11 is 2.30. The Morgan fingerprint density at radius 1 is 1.71 bits per heavy atom. The van der Waals surface area contributed by atoms with Gasteiger partial charge in [-0.05, 0) is 46.7 Å². The number of nitrogens with zero attached hydrogens (tertiary/aromatic N) is 2. The van der Waals surface area contributed by atoms with Crippen LogP contribution in [0.2, 0.25) is 0 Å². The number of methoxy groups -OCH3 is 1. The molecule has 94 valence electrons. The van der Waals surface area contributed by atoms with Gasteiger partial charge in [-0.3, -0.25) is 4.79 Å². The third kappa shape index (κ3) is 2.56. The van der Waals surface area contributed by atoms with Gasteiger partial charge in [0.15, 0.2) is 6.29 Å². The van der Waals surface area contributed by atoms with E-state index in [2.05, 4.69) is 34.1 Å². The molecule has 1 aromatic heterocycles. The zero-order chi connectivity index (χ0) is 12.5. The standard InChI is InChI=1S/C11H16IN2O2P/c1-11(7-16-2)4-3-8-9(6-15)13-14(17-12)10(8)5-11/h6,17H,3-5,7H2,1-2H3. The molecule has 0 aromatic carbocycles. The largest absolute Gasteiger partial charge is 0.384 e. The van der Waals surface area contributed by atoms with E-state index in [1.165, 1.54) is 5.69 Å². The van der Waals surface area contributed by atoms with E-state index in [1.54, 1.807) is 7.11 Å². The van der Waals surface area contributed by atoms with Gasteiger partial charge >= 0.3 is 0 Å². The number of carbonyl (C=O) groups is 1. The normalized spacial score (nSPS) is 24.2. The highest BCUT2D eigenvalue weighted by Crippen LogP contribution is 2.39. The third-order valence-electron chi connectivity index (χ3n) is 3.38. The van der Waals surface area contributed by atoms with Crippen LogP contribution in [-0.2, 0) is 17.6 Å². The van der Waals surface area contributed by atoms with Crippen molar-refractivity contribution in [2.24, 2.45) is 5.41 Å². The van der Waals surface area contributed by atoms with Gasteiger partial charge in [-0.2, -0.15) is 5.10 Å². The molecule has 0 fully saturated rings. The Balaban J connectivity index is 2.36. The van der Waals surface area contributed by atoms with E-state index in [0.717, 1.165) is 37.7 Å². The van der Waals surface area contributed by atoms with Gasteiger partial charge in [0.2, 0.25) is 0 Å². The van der Waals surface area contributed by atoms with Crippen molar-refractivity contribution < 1.29 is 9.53 Å². The number of ether oxygens (including phenoxy) is 1. The lowest BCUT2D eigenvalue weighted by Crippen LogP contribution is -2.30. The van der Waals surface area contributed by atoms with Crippen LogP contribution in [0.1, 0.15) is 35.1 Å². The lowest BCUT2D eigenvalue weighted by atomic mass is 9.75. The summed E-state index contributed by atoms with van der Waals surface area (Å²) in [7, 11) is 1.75. The molecule has 0 saturated heterocycles. The Labute approximate surface area is 116 Å². The Morgan fingerprint density at radius 2 is 2.47 bits per heavy atom. The van der Waals surface area contributed by atoms with Crippen LogP contribution in [-0.4, -0.2) is 29.6 Å². The van der Waals surface area contributed by atoms with Gasteiger partial charge in [-0.1, -0.05) is 6.92 Å². The van der Waals surface area contributed by atoms with Crippen LogP contribution in [0.3, 0.4) is 0 Å². The maximum atomic E-state index is 11.0. The highest BCUT2D eigenvalue weighted by Gasteiger charge is 2.34. The molecule has 0 radical (unpaired) electrons. The number of aromatic nitrogens is 2. The van der Waals surface area contributed by atoms with Gasteiger partial charge in [-0.25, -0.2) is 4.45 Å². The number of halogens is 1. The fourth-order valence-electron chi connectivity index (χ4n) is 2.51. The highest BCUT2D eigenvalue weighted by molar-refractivity contribution is 14.2. The predicted molar refractivity (Wildman–Crippen MR) is 77.4 cm³/mol. The van der Waals surface area contributed by atoms with Crippen molar-refractivity contribution in [3.8, 4) is 0 Å². The molecule has 17 heavy (non-hydrogen) atoms. The maximum absolute atomic E-state index is 11.0. The molecule has 0 bridgehead atoms. The van der Waals surface area contributed by atoms with Crippen molar-refractivity contribution in [1.29, 1.82) is 0 Å². The third-order valence-corrected chi connectivity index (χ3v) is 5.28. The van der Waals surface area contributed by atoms with E-state index < -0.39 is 0 Å². The predicted octanol–water partition coefficient (Wildman–Crippen LogP) is 2.63. The second-order valence-electron chi connectivity index (χ2n) is 4.85. The highest BCUT2D eigenvalue weighted by atomic mass is 127. The smallest absolute Gasteiger partial charge is 0.170 e. The average molecular weight is 366 g/mol. The van der Waals surface area contributed by atoms with Crippen LogP contribution < -0.4 is 0 Å².